The number of hydrogen-bond acceptors (Lipinski definition) is 6. The predicted molar refractivity (Wildman–Crippen MR) is 112 cm³/mol. The Morgan fingerprint density at radius 1 is 1.16 bits per heavy atom. The number of nitrogens with one attached hydrogen (secondary N) is 1. The highest BCUT2D eigenvalue weighted by molar-refractivity contribution is 6.31. The first-order valence-electron chi connectivity index (χ1n) is 9.54. The fourth-order valence-corrected chi connectivity index (χ4v) is 4.08. The van der Waals surface area contributed by atoms with Crippen molar-refractivity contribution in [3.8, 4) is 28.5 Å². The number of aromatic amines is 1. The summed E-state index contributed by atoms with van der Waals surface area (Å²) in [4.78, 5) is 24.2. The van der Waals surface area contributed by atoms with Crippen molar-refractivity contribution < 1.29 is 4.52 Å². The normalized spacial score (nSPS) is 12.2. The Balaban J connectivity index is 1.53. The SMILES string of the molecule is O=c1nc(-c2ncn3c2Cc2cn(Cc4ccccn4)nc2-c2cc(Cl)ccc2-3)o[nH]1. The topological polar surface area (TPSA) is 107 Å². The molecule has 5 aromatic rings. The summed E-state index contributed by atoms with van der Waals surface area (Å²) >= 11 is 6.33. The minimum atomic E-state index is -0.554. The maximum atomic E-state index is 11.5. The molecule has 10 heteroatoms. The second kappa shape index (κ2) is 6.78. The molecule has 1 aliphatic heterocycles. The number of fused-ring (bicyclic) bond motifs is 5. The van der Waals surface area contributed by atoms with Crippen LogP contribution in [0.1, 0.15) is 17.0 Å². The Morgan fingerprint density at radius 2 is 2.10 bits per heavy atom. The van der Waals surface area contributed by atoms with E-state index in [4.69, 9.17) is 21.2 Å². The Kier molecular flexibility index (Phi) is 3.90. The van der Waals surface area contributed by atoms with E-state index in [1.54, 1.807) is 12.5 Å². The van der Waals surface area contributed by atoms with Crippen LogP contribution in [0.25, 0.3) is 28.5 Å². The van der Waals surface area contributed by atoms with Crippen LogP contribution >= 0.6 is 11.6 Å². The maximum absolute atomic E-state index is 11.5. The zero-order valence-corrected chi connectivity index (χ0v) is 16.7. The predicted octanol–water partition coefficient (Wildman–Crippen LogP) is 3.08. The number of hydrogen-bond donors (Lipinski definition) is 1. The van der Waals surface area contributed by atoms with Crippen LogP contribution < -0.4 is 5.69 Å². The summed E-state index contributed by atoms with van der Waals surface area (Å²) in [6, 6.07) is 11.5. The van der Waals surface area contributed by atoms with Crippen LogP contribution in [0, 0.1) is 0 Å². The molecule has 1 N–H and O–H groups in total. The highest BCUT2D eigenvalue weighted by Crippen LogP contribution is 2.38. The minimum Gasteiger partial charge on any atom is -0.355 e. The third kappa shape index (κ3) is 2.98. The Morgan fingerprint density at radius 3 is 2.90 bits per heavy atom. The molecule has 0 amide bonds. The van der Waals surface area contributed by atoms with Crippen molar-refractivity contribution in [2.75, 3.05) is 0 Å². The van der Waals surface area contributed by atoms with Crippen LogP contribution in [0.15, 0.2) is 64.4 Å². The lowest BCUT2D eigenvalue weighted by atomic mass is 10.0. The van der Waals surface area contributed by atoms with E-state index in [2.05, 4.69) is 20.1 Å². The molecule has 152 valence electrons. The second-order valence-electron chi connectivity index (χ2n) is 7.20. The molecule has 0 unspecified atom stereocenters. The van der Waals surface area contributed by atoms with E-state index < -0.39 is 5.69 Å². The van der Waals surface area contributed by atoms with Gasteiger partial charge in [-0.05, 0) is 30.3 Å². The largest absolute Gasteiger partial charge is 0.377 e. The number of pyridine rings is 1. The van der Waals surface area contributed by atoms with Gasteiger partial charge in [0.25, 0.3) is 5.89 Å². The van der Waals surface area contributed by atoms with E-state index in [1.165, 1.54) is 0 Å². The molecule has 0 saturated carbocycles. The quantitative estimate of drug-likeness (QED) is 0.461. The van der Waals surface area contributed by atoms with E-state index in [1.807, 2.05) is 51.8 Å². The molecule has 31 heavy (non-hydrogen) atoms. The fraction of sp³-hybridized carbons (Fsp3) is 0.0952. The molecule has 0 aliphatic carbocycles. The van der Waals surface area contributed by atoms with Gasteiger partial charge in [-0.25, -0.2) is 9.78 Å². The first-order chi connectivity index (χ1) is 15.2. The van der Waals surface area contributed by atoms with Gasteiger partial charge in [0.2, 0.25) is 0 Å². The van der Waals surface area contributed by atoms with Gasteiger partial charge < -0.3 is 9.09 Å². The average Bonchev–Trinajstić information content (AvgIpc) is 3.46. The molecule has 0 bridgehead atoms. The van der Waals surface area contributed by atoms with Crippen LogP contribution in [0.4, 0.5) is 0 Å². The zero-order valence-electron chi connectivity index (χ0n) is 16.0. The number of benzene rings is 1. The first-order valence-corrected chi connectivity index (χ1v) is 9.92. The Hall–Kier alpha value is -3.98. The third-order valence-electron chi connectivity index (χ3n) is 5.23. The lowest BCUT2D eigenvalue weighted by molar-refractivity contribution is 0.423. The maximum Gasteiger partial charge on any atom is 0.377 e. The summed E-state index contributed by atoms with van der Waals surface area (Å²) in [7, 11) is 0. The smallest absolute Gasteiger partial charge is 0.355 e. The Bertz CT molecular complexity index is 1480. The van der Waals surface area contributed by atoms with Gasteiger partial charge in [-0.1, -0.05) is 17.7 Å². The number of rotatable bonds is 3. The number of halogens is 1. The molecule has 0 radical (unpaired) electrons. The summed E-state index contributed by atoms with van der Waals surface area (Å²) in [5.41, 5.74) is 5.33. The molecule has 4 aromatic heterocycles. The van der Waals surface area contributed by atoms with Gasteiger partial charge in [0.1, 0.15) is 6.33 Å². The van der Waals surface area contributed by atoms with Crippen LogP contribution in [0.5, 0.6) is 0 Å². The van der Waals surface area contributed by atoms with E-state index in [9.17, 15) is 4.79 Å². The highest BCUT2D eigenvalue weighted by Gasteiger charge is 2.27. The average molecular weight is 432 g/mol. The monoisotopic (exact) mass is 431 g/mol. The molecule has 1 aliphatic rings. The van der Waals surface area contributed by atoms with Gasteiger partial charge in [-0.15, -0.1) is 0 Å². The summed E-state index contributed by atoms with van der Waals surface area (Å²) in [5, 5.41) is 7.69. The fourth-order valence-electron chi connectivity index (χ4n) is 3.91. The number of aromatic nitrogens is 7. The van der Waals surface area contributed by atoms with Crippen molar-refractivity contribution in [1.82, 2.24) is 34.5 Å². The molecule has 0 spiro atoms. The van der Waals surface area contributed by atoms with Gasteiger partial charge in [0, 0.05) is 35.0 Å². The van der Waals surface area contributed by atoms with Crippen LogP contribution in [0.3, 0.4) is 0 Å². The van der Waals surface area contributed by atoms with E-state index in [0.717, 1.165) is 33.9 Å². The number of nitrogens with zero attached hydrogens (tertiary/aromatic N) is 6. The molecule has 9 nitrogen and oxygen atoms in total. The van der Waals surface area contributed by atoms with Crippen molar-refractivity contribution in [1.29, 1.82) is 0 Å². The van der Waals surface area contributed by atoms with Gasteiger partial charge in [-0.3, -0.25) is 9.67 Å². The van der Waals surface area contributed by atoms with Gasteiger partial charge in [-0.2, -0.15) is 15.2 Å². The van der Waals surface area contributed by atoms with Gasteiger partial charge >= 0.3 is 5.69 Å². The summed E-state index contributed by atoms with van der Waals surface area (Å²) in [6.07, 6.45) is 5.98. The van der Waals surface area contributed by atoms with Crippen molar-refractivity contribution in [3.63, 3.8) is 0 Å². The molecule has 6 rings (SSSR count). The van der Waals surface area contributed by atoms with Gasteiger partial charge in [0.05, 0.1) is 29.3 Å². The van der Waals surface area contributed by atoms with Crippen molar-refractivity contribution in [2.45, 2.75) is 13.0 Å². The molecule has 0 fully saturated rings. The number of imidazole rings is 1. The van der Waals surface area contributed by atoms with Crippen LogP contribution in [0.2, 0.25) is 5.02 Å². The lowest BCUT2D eigenvalue weighted by Crippen LogP contribution is -2.04. The summed E-state index contributed by atoms with van der Waals surface area (Å²) in [6.45, 7) is 0.546. The summed E-state index contributed by atoms with van der Waals surface area (Å²) < 4.78 is 9.05. The Labute approximate surface area is 179 Å². The molecular formula is C21H14ClN7O2. The van der Waals surface area contributed by atoms with Crippen molar-refractivity contribution in [2.24, 2.45) is 0 Å². The molecular weight excluding hydrogens is 418 g/mol. The molecule has 0 saturated heterocycles. The highest BCUT2D eigenvalue weighted by atomic mass is 35.5. The lowest BCUT2D eigenvalue weighted by Gasteiger charge is -2.10. The number of H-pyrrole nitrogens is 1. The van der Waals surface area contributed by atoms with E-state index in [0.29, 0.717) is 23.7 Å². The van der Waals surface area contributed by atoms with Crippen LogP contribution in [-0.4, -0.2) is 34.5 Å². The third-order valence-corrected chi connectivity index (χ3v) is 5.46. The molecule has 1 aromatic carbocycles. The second-order valence-corrected chi connectivity index (χ2v) is 7.63. The van der Waals surface area contributed by atoms with Crippen LogP contribution in [-0.2, 0) is 13.0 Å². The molecule has 0 atom stereocenters. The zero-order chi connectivity index (χ0) is 20.9. The summed E-state index contributed by atoms with van der Waals surface area (Å²) in [5.74, 6) is 0.151. The van der Waals surface area contributed by atoms with Gasteiger partial charge in [0.15, 0.2) is 5.69 Å². The van der Waals surface area contributed by atoms with E-state index >= 15 is 0 Å². The first kappa shape index (κ1) is 17.8. The van der Waals surface area contributed by atoms with Crippen molar-refractivity contribution >= 4 is 11.6 Å². The minimum absolute atomic E-state index is 0.151. The van der Waals surface area contributed by atoms with E-state index in [-0.39, 0.29) is 5.89 Å². The van der Waals surface area contributed by atoms with Crippen molar-refractivity contribution in [3.05, 3.63) is 87.6 Å². The molecule has 5 heterocycles. The standard InChI is InChI=1S/C21H14ClN7O2/c22-13-4-5-16-15(8-13)18-12(9-28(26-18)10-14-3-1-2-6-23-14)7-17-19(24-11-29(16)17)20-25-21(30)27-31-20/h1-6,8-9,11H,7,10H2,(H,27,30).